The summed E-state index contributed by atoms with van der Waals surface area (Å²) in [6, 6.07) is 9.59. The molecule has 0 aliphatic rings. The van der Waals surface area contributed by atoms with E-state index in [9.17, 15) is 13.6 Å². The number of hydrogen-bond acceptors (Lipinski definition) is 4. The molecule has 0 aliphatic heterocycles. The molecule has 0 saturated heterocycles. The van der Waals surface area contributed by atoms with Gasteiger partial charge in [-0.3, -0.25) is 10.0 Å². The Morgan fingerprint density at radius 3 is 2.33 bits per heavy atom. The molecule has 0 fully saturated rings. The van der Waals surface area contributed by atoms with Gasteiger partial charge in [-0.15, -0.1) is 0 Å². The van der Waals surface area contributed by atoms with Crippen molar-refractivity contribution in [1.29, 1.82) is 0 Å². The smallest absolute Gasteiger partial charge is 0.284 e. The van der Waals surface area contributed by atoms with Crippen LogP contribution in [-0.2, 0) is 11.2 Å². The average molecular weight is 421 g/mol. The predicted octanol–water partition coefficient (Wildman–Crippen LogP) is 4.23. The molecular weight excluding hydrogens is 390 g/mol. The van der Waals surface area contributed by atoms with Crippen molar-refractivity contribution in [2.45, 2.75) is 52.1 Å². The number of rotatable bonds is 12. The van der Waals surface area contributed by atoms with Crippen molar-refractivity contribution in [2.24, 2.45) is 0 Å². The van der Waals surface area contributed by atoms with E-state index < -0.39 is 12.0 Å². The molecule has 0 aromatic heterocycles. The van der Waals surface area contributed by atoms with Crippen LogP contribution in [-0.4, -0.2) is 30.3 Å². The van der Waals surface area contributed by atoms with Gasteiger partial charge in [0.1, 0.15) is 17.4 Å². The van der Waals surface area contributed by atoms with Gasteiger partial charge in [0, 0.05) is 0 Å². The summed E-state index contributed by atoms with van der Waals surface area (Å²) in [5.74, 6) is -0.736. The van der Waals surface area contributed by atoms with E-state index in [4.69, 9.17) is 9.94 Å². The zero-order valence-corrected chi connectivity index (χ0v) is 17.5. The number of unbranched alkanes of at least 4 members (excludes halogenated alkanes) is 2. The number of hydrogen-bond donors (Lipinski definition) is 3. The molecule has 5 nitrogen and oxygen atoms in total. The Morgan fingerprint density at radius 1 is 1.03 bits per heavy atom. The molecule has 1 atom stereocenters. The summed E-state index contributed by atoms with van der Waals surface area (Å²) in [5, 5.41) is 12.3. The minimum Gasteiger partial charge on any atom is -0.481 e. The van der Waals surface area contributed by atoms with Crippen molar-refractivity contribution in [3.63, 3.8) is 0 Å². The van der Waals surface area contributed by atoms with Crippen LogP contribution in [0, 0.1) is 25.5 Å². The largest absolute Gasteiger partial charge is 0.481 e. The first kappa shape index (κ1) is 23.8. The summed E-state index contributed by atoms with van der Waals surface area (Å²) in [7, 11) is 0. The first-order chi connectivity index (χ1) is 14.4. The normalized spacial score (nSPS) is 11.9. The number of aryl methyl sites for hydroxylation is 2. The van der Waals surface area contributed by atoms with E-state index in [0.717, 1.165) is 44.3 Å². The first-order valence-electron chi connectivity index (χ1n) is 10.2. The monoisotopic (exact) mass is 420 g/mol. The second-order valence-electron chi connectivity index (χ2n) is 7.43. The number of nitrogens with one attached hydrogen (secondary N) is 2. The molecule has 2 aromatic rings. The minimum absolute atomic E-state index is 0.228. The number of benzene rings is 2. The summed E-state index contributed by atoms with van der Waals surface area (Å²) >= 11 is 0. The van der Waals surface area contributed by atoms with Crippen molar-refractivity contribution < 1.29 is 23.5 Å². The molecular formula is C23H30F2N2O3. The molecule has 2 aromatic carbocycles. The van der Waals surface area contributed by atoms with E-state index in [-0.39, 0.29) is 11.6 Å². The lowest BCUT2D eigenvalue weighted by atomic mass is 10.1. The highest BCUT2D eigenvalue weighted by Gasteiger charge is 2.20. The van der Waals surface area contributed by atoms with Crippen LogP contribution in [0.1, 0.15) is 42.4 Å². The van der Waals surface area contributed by atoms with E-state index in [1.165, 1.54) is 12.1 Å². The van der Waals surface area contributed by atoms with E-state index in [0.29, 0.717) is 23.3 Å². The van der Waals surface area contributed by atoms with E-state index in [1.807, 2.05) is 0 Å². The maximum Gasteiger partial charge on any atom is 0.284 e. The standard InChI is InChI=1S/C23H30F2N2O3/c1-16-14-20(15-17(2)22(16)25)30-21(23(28)27-29)6-4-3-5-12-26-13-11-18-7-9-19(24)10-8-18/h7-10,14-15,21,26,29H,3-6,11-13H2,1-2H3,(H,27,28)/t21-/m1/s1. The Hall–Kier alpha value is -2.51. The third kappa shape index (κ3) is 7.72. The highest BCUT2D eigenvalue weighted by atomic mass is 19.1. The summed E-state index contributed by atoms with van der Waals surface area (Å²) in [5.41, 5.74) is 3.62. The maximum absolute atomic E-state index is 13.8. The van der Waals surface area contributed by atoms with Crippen molar-refractivity contribution in [2.75, 3.05) is 13.1 Å². The molecule has 0 unspecified atom stereocenters. The fraction of sp³-hybridized carbons (Fsp3) is 0.435. The molecule has 2 rings (SSSR count). The lowest BCUT2D eigenvalue weighted by Crippen LogP contribution is -2.36. The quantitative estimate of drug-likeness (QED) is 0.273. The SMILES string of the molecule is Cc1cc(O[C@H](CCCCCNCCc2ccc(F)cc2)C(=O)NO)cc(C)c1F. The second-order valence-corrected chi connectivity index (χ2v) is 7.43. The molecule has 0 radical (unpaired) electrons. The molecule has 7 heteroatoms. The third-order valence-electron chi connectivity index (χ3n) is 4.91. The van der Waals surface area contributed by atoms with Crippen LogP contribution in [0.5, 0.6) is 5.75 Å². The zero-order valence-electron chi connectivity index (χ0n) is 17.5. The number of halogens is 2. The lowest BCUT2D eigenvalue weighted by molar-refractivity contribution is -0.136. The summed E-state index contributed by atoms with van der Waals surface area (Å²) in [4.78, 5) is 11.9. The predicted molar refractivity (Wildman–Crippen MR) is 112 cm³/mol. The van der Waals surface area contributed by atoms with Gasteiger partial charge in [0.05, 0.1) is 0 Å². The molecule has 0 bridgehead atoms. The summed E-state index contributed by atoms with van der Waals surface area (Å²) in [6.07, 6.45) is 3.01. The Balaban J connectivity index is 1.68. The fourth-order valence-electron chi connectivity index (χ4n) is 3.22. The molecule has 30 heavy (non-hydrogen) atoms. The first-order valence-corrected chi connectivity index (χ1v) is 10.2. The van der Waals surface area contributed by atoms with Crippen LogP contribution in [0.2, 0.25) is 0 Å². The maximum atomic E-state index is 13.8. The van der Waals surface area contributed by atoms with E-state index in [2.05, 4.69) is 5.32 Å². The van der Waals surface area contributed by atoms with Crippen LogP contribution >= 0.6 is 0 Å². The minimum atomic E-state index is -0.842. The highest BCUT2D eigenvalue weighted by molar-refractivity contribution is 5.79. The van der Waals surface area contributed by atoms with Gasteiger partial charge >= 0.3 is 0 Å². The average Bonchev–Trinajstić information content (AvgIpc) is 2.73. The number of hydroxylamine groups is 1. The van der Waals surface area contributed by atoms with Gasteiger partial charge in [-0.05, 0) is 93.6 Å². The van der Waals surface area contributed by atoms with Gasteiger partial charge in [0.15, 0.2) is 6.10 Å². The highest BCUT2D eigenvalue weighted by Crippen LogP contribution is 2.22. The van der Waals surface area contributed by atoms with Gasteiger partial charge < -0.3 is 10.1 Å². The fourth-order valence-corrected chi connectivity index (χ4v) is 3.22. The second kappa shape index (κ2) is 12.2. The Morgan fingerprint density at radius 2 is 1.70 bits per heavy atom. The van der Waals surface area contributed by atoms with Gasteiger partial charge in [-0.2, -0.15) is 0 Å². The van der Waals surface area contributed by atoms with Gasteiger partial charge in [0.2, 0.25) is 0 Å². The molecule has 0 heterocycles. The molecule has 164 valence electrons. The Kier molecular flexibility index (Phi) is 9.70. The number of carbonyl (C=O) groups excluding carboxylic acids is 1. The molecule has 0 aliphatic carbocycles. The van der Waals surface area contributed by atoms with Crippen molar-refractivity contribution in [3.05, 3.63) is 64.7 Å². The Labute approximate surface area is 176 Å². The summed E-state index contributed by atoms with van der Waals surface area (Å²) in [6.45, 7) is 4.93. The Bertz CT molecular complexity index is 790. The van der Waals surface area contributed by atoms with Crippen LogP contribution < -0.4 is 15.5 Å². The molecule has 0 saturated carbocycles. The van der Waals surface area contributed by atoms with Crippen molar-refractivity contribution >= 4 is 5.91 Å². The van der Waals surface area contributed by atoms with Crippen LogP contribution in [0.25, 0.3) is 0 Å². The third-order valence-corrected chi connectivity index (χ3v) is 4.91. The van der Waals surface area contributed by atoms with Gasteiger partial charge in [-0.1, -0.05) is 18.6 Å². The van der Waals surface area contributed by atoms with Crippen molar-refractivity contribution in [1.82, 2.24) is 10.8 Å². The number of ether oxygens (including phenoxy) is 1. The molecule has 3 N–H and O–H groups in total. The van der Waals surface area contributed by atoms with Crippen molar-refractivity contribution in [3.8, 4) is 5.75 Å². The number of carbonyl (C=O) groups is 1. The molecule has 1 amide bonds. The van der Waals surface area contributed by atoms with Gasteiger partial charge in [0.25, 0.3) is 5.91 Å². The zero-order chi connectivity index (χ0) is 21.9. The number of amides is 1. The van der Waals surface area contributed by atoms with Gasteiger partial charge in [-0.25, -0.2) is 14.3 Å². The van der Waals surface area contributed by atoms with Crippen LogP contribution in [0.4, 0.5) is 8.78 Å². The summed E-state index contributed by atoms with van der Waals surface area (Å²) < 4.78 is 32.3. The van der Waals surface area contributed by atoms with Crippen LogP contribution in [0.3, 0.4) is 0 Å². The van der Waals surface area contributed by atoms with E-state index in [1.54, 1.807) is 43.6 Å². The van der Waals surface area contributed by atoms with E-state index >= 15 is 0 Å². The lowest BCUT2D eigenvalue weighted by Gasteiger charge is -2.18. The topological polar surface area (TPSA) is 70.6 Å². The van der Waals surface area contributed by atoms with Crippen LogP contribution in [0.15, 0.2) is 36.4 Å². The molecule has 0 spiro atoms.